The first-order valence-electron chi connectivity index (χ1n) is 4.86. The van der Waals surface area contributed by atoms with Gasteiger partial charge in [0.15, 0.2) is 0 Å². The van der Waals surface area contributed by atoms with E-state index in [1.165, 1.54) is 0 Å². The number of hydrogen-bond acceptors (Lipinski definition) is 1. The summed E-state index contributed by atoms with van der Waals surface area (Å²) in [6, 6.07) is 0. The van der Waals surface area contributed by atoms with Gasteiger partial charge in [0.05, 0.1) is 12.2 Å². The van der Waals surface area contributed by atoms with Crippen molar-refractivity contribution in [3.05, 3.63) is 24.2 Å². The Hall–Kier alpha value is -0.0651. The van der Waals surface area contributed by atoms with Gasteiger partial charge in [-0.2, -0.15) is 9.90 Å². The summed E-state index contributed by atoms with van der Waals surface area (Å²) in [5.74, 6) is 0. The molecule has 1 aliphatic rings. The maximum absolute atomic E-state index is 5.79. The van der Waals surface area contributed by atoms with Crippen LogP contribution in [0.15, 0.2) is 24.2 Å². The zero-order valence-electron chi connectivity index (χ0n) is 9.09. The van der Waals surface area contributed by atoms with Crippen LogP contribution in [0.5, 0.6) is 0 Å². The van der Waals surface area contributed by atoms with Crippen LogP contribution in [0.3, 0.4) is 0 Å². The average molecular weight is 210 g/mol. The van der Waals surface area contributed by atoms with Crippen molar-refractivity contribution in [3.8, 4) is 0 Å². The van der Waals surface area contributed by atoms with Gasteiger partial charge in [0.25, 0.3) is 0 Å². The van der Waals surface area contributed by atoms with Gasteiger partial charge in [0.2, 0.25) is 0 Å². The fourth-order valence-corrected chi connectivity index (χ4v) is 1.48. The highest BCUT2D eigenvalue weighted by Gasteiger charge is 2.25. The van der Waals surface area contributed by atoms with Crippen LogP contribution in [0, 0.1) is 0 Å². The fourth-order valence-electron chi connectivity index (χ4n) is 1.48. The van der Waals surface area contributed by atoms with E-state index < -0.39 is 0 Å². The van der Waals surface area contributed by atoms with Crippen LogP contribution in [0.1, 0.15) is 32.6 Å². The molecule has 0 heterocycles. The summed E-state index contributed by atoms with van der Waals surface area (Å²) in [6.45, 7) is 6.59. The second-order valence-corrected chi connectivity index (χ2v) is 3.86. The highest BCUT2D eigenvalue weighted by Crippen LogP contribution is 2.29. The van der Waals surface area contributed by atoms with Crippen LogP contribution in [0.2, 0.25) is 0 Å². The molecule has 3 heteroatoms. The van der Waals surface area contributed by atoms with Gasteiger partial charge < -0.3 is 4.74 Å². The third-order valence-corrected chi connectivity index (χ3v) is 2.51. The van der Waals surface area contributed by atoms with E-state index in [-0.39, 0.29) is 15.5 Å². The summed E-state index contributed by atoms with van der Waals surface area (Å²) >= 11 is 0. The second kappa shape index (κ2) is 6.42. The first-order valence-corrected chi connectivity index (χ1v) is 4.86. The lowest BCUT2D eigenvalue weighted by atomic mass is 9.79. The number of allylic oxidation sites excluding steroid dienone is 1. The molecule has 0 amide bonds. The Kier molecular flexibility index (Phi) is 6.39. The SMILES string of the molecule is P.[B]C1=CCC(C)(OCCC=C)CC1. The van der Waals surface area contributed by atoms with Crippen molar-refractivity contribution in [1.29, 1.82) is 0 Å². The molecule has 2 atom stereocenters. The maximum atomic E-state index is 5.79. The molecule has 0 aromatic carbocycles. The molecule has 1 nitrogen and oxygen atoms in total. The first kappa shape index (κ1) is 13.9. The van der Waals surface area contributed by atoms with Gasteiger partial charge in [-0.3, -0.25) is 0 Å². The van der Waals surface area contributed by atoms with Crippen molar-refractivity contribution in [2.75, 3.05) is 6.61 Å². The van der Waals surface area contributed by atoms with E-state index in [9.17, 15) is 0 Å². The maximum Gasteiger partial charge on any atom is 0.107 e. The molecule has 0 saturated heterocycles. The lowest BCUT2D eigenvalue weighted by molar-refractivity contribution is -0.0356. The van der Waals surface area contributed by atoms with Crippen molar-refractivity contribution in [3.63, 3.8) is 0 Å². The van der Waals surface area contributed by atoms with E-state index in [2.05, 4.69) is 19.6 Å². The van der Waals surface area contributed by atoms with Gasteiger partial charge in [-0.05, 0) is 32.6 Å². The average Bonchev–Trinajstić information content (AvgIpc) is 2.12. The van der Waals surface area contributed by atoms with Crippen LogP contribution < -0.4 is 0 Å². The van der Waals surface area contributed by atoms with Gasteiger partial charge in [-0.15, -0.1) is 12.1 Å². The number of hydrogen-bond donors (Lipinski definition) is 0. The fraction of sp³-hybridized carbons (Fsp3) is 0.636. The zero-order valence-corrected chi connectivity index (χ0v) is 10.5. The highest BCUT2D eigenvalue weighted by atomic mass is 31.0. The number of rotatable bonds is 4. The quantitative estimate of drug-likeness (QED) is 0.300. The van der Waals surface area contributed by atoms with Crippen LogP contribution in [-0.2, 0) is 4.74 Å². The topological polar surface area (TPSA) is 9.23 Å². The molecule has 0 aromatic rings. The van der Waals surface area contributed by atoms with Crippen molar-refractivity contribution in [2.45, 2.75) is 38.2 Å². The van der Waals surface area contributed by atoms with Crippen LogP contribution in [0.4, 0.5) is 0 Å². The molecule has 2 radical (unpaired) electrons. The molecule has 1 aliphatic carbocycles. The Balaban J connectivity index is 0.00000169. The standard InChI is InChI=1S/C11H17BO.H3P/c1-3-4-9-13-11(2)7-5-10(12)6-8-11;/h3,5H,1,4,6-9H2,2H3;1H3. The summed E-state index contributed by atoms with van der Waals surface area (Å²) in [4.78, 5) is 0. The van der Waals surface area contributed by atoms with E-state index in [1.54, 1.807) is 0 Å². The Bertz CT molecular complexity index is 215. The Morgan fingerprint density at radius 3 is 2.93 bits per heavy atom. The van der Waals surface area contributed by atoms with E-state index in [0.717, 1.165) is 37.8 Å². The lowest BCUT2D eigenvalue weighted by Crippen LogP contribution is -2.31. The molecule has 14 heavy (non-hydrogen) atoms. The molecule has 1 rings (SSSR count). The van der Waals surface area contributed by atoms with Crippen molar-refractivity contribution in [2.24, 2.45) is 0 Å². The second-order valence-electron chi connectivity index (χ2n) is 3.86. The molecule has 0 spiro atoms. The van der Waals surface area contributed by atoms with Crippen LogP contribution in [-0.4, -0.2) is 20.1 Å². The minimum atomic E-state index is 0. The van der Waals surface area contributed by atoms with Gasteiger partial charge in [-0.1, -0.05) is 12.2 Å². The number of ether oxygens (including phenoxy) is 1. The van der Waals surface area contributed by atoms with Gasteiger partial charge in [0, 0.05) is 0 Å². The minimum Gasteiger partial charge on any atom is -0.375 e. The van der Waals surface area contributed by atoms with Crippen molar-refractivity contribution in [1.82, 2.24) is 0 Å². The summed E-state index contributed by atoms with van der Waals surface area (Å²) in [7, 11) is 5.70. The van der Waals surface area contributed by atoms with E-state index >= 15 is 0 Å². The molecule has 0 fully saturated rings. The molecular weight excluding hydrogens is 190 g/mol. The Morgan fingerprint density at radius 2 is 2.43 bits per heavy atom. The summed E-state index contributed by atoms with van der Waals surface area (Å²) in [5, 5.41) is 0. The van der Waals surface area contributed by atoms with Gasteiger partial charge in [-0.25, -0.2) is 0 Å². The summed E-state index contributed by atoms with van der Waals surface area (Å²) < 4.78 is 5.79. The summed E-state index contributed by atoms with van der Waals surface area (Å²) in [5.41, 5.74) is 1.01. The minimum absolute atomic E-state index is 0. The molecule has 0 aliphatic heterocycles. The first-order chi connectivity index (χ1) is 6.16. The van der Waals surface area contributed by atoms with Crippen LogP contribution in [0.25, 0.3) is 0 Å². The molecule has 0 aromatic heterocycles. The zero-order chi connectivity index (χ0) is 9.73. The predicted octanol–water partition coefficient (Wildman–Crippen LogP) is 2.63. The smallest absolute Gasteiger partial charge is 0.107 e. The van der Waals surface area contributed by atoms with Gasteiger partial charge >= 0.3 is 0 Å². The Labute approximate surface area is 92.0 Å². The lowest BCUT2D eigenvalue weighted by Gasteiger charge is -2.32. The van der Waals surface area contributed by atoms with E-state index in [4.69, 9.17) is 12.6 Å². The third kappa shape index (κ3) is 4.44. The molecule has 78 valence electrons. The highest BCUT2D eigenvalue weighted by molar-refractivity contribution is 6.92. The monoisotopic (exact) mass is 210 g/mol. The van der Waals surface area contributed by atoms with E-state index in [0.29, 0.717) is 0 Å². The molecule has 2 unspecified atom stereocenters. The normalized spacial score (nSPS) is 26.2. The molecule has 0 bridgehead atoms. The molecule has 0 saturated carbocycles. The Morgan fingerprint density at radius 1 is 1.71 bits per heavy atom. The van der Waals surface area contributed by atoms with E-state index in [1.807, 2.05) is 6.08 Å². The summed E-state index contributed by atoms with van der Waals surface area (Å²) in [6.07, 6.45) is 7.83. The van der Waals surface area contributed by atoms with Crippen molar-refractivity contribution >= 4 is 17.7 Å². The van der Waals surface area contributed by atoms with Crippen LogP contribution >= 0.6 is 9.90 Å². The van der Waals surface area contributed by atoms with Gasteiger partial charge in [0.1, 0.15) is 7.85 Å². The molecular formula is C11H20BOP. The molecule has 0 N–H and O–H groups in total. The largest absolute Gasteiger partial charge is 0.375 e. The van der Waals surface area contributed by atoms with Crippen molar-refractivity contribution < 1.29 is 4.74 Å². The third-order valence-electron chi connectivity index (χ3n) is 2.51. The predicted molar refractivity (Wildman–Crippen MR) is 68.0 cm³/mol.